The molecule has 0 aliphatic carbocycles. The van der Waals surface area contributed by atoms with Crippen molar-refractivity contribution in [1.29, 1.82) is 0 Å². The predicted octanol–water partition coefficient (Wildman–Crippen LogP) is 5.59. The van der Waals surface area contributed by atoms with Crippen LogP contribution in [0.1, 0.15) is 27.8 Å². The molecular formula is C25H28N2O3S2. The van der Waals surface area contributed by atoms with Crippen molar-refractivity contribution in [3.63, 3.8) is 0 Å². The topological polar surface area (TPSA) is 75.3 Å². The van der Waals surface area contributed by atoms with E-state index in [1.807, 2.05) is 26.0 Å². The Balaban J connectivity index is 1.55. The van der Waals surface area contributed by atoms with Gasteiger partial charge in [0.05, 0.1) is 16.3 Å². The third-order valence-electron chi connectivity index (χ3n) is 4.86. The van der Waals surface area contributed by atoms with Gasteiger partial charge in [0.15, 0.2) is 0 Å². The first-order valence-corrected chi connectivity index (χ1v) is 12.9. The number of sulfonamides is 1. The van der Waals surface area contributed by atoms with Crippen molar-refractivity contribution in [2.45, 2.75) is 38.3 Å². The third kappa shape index (κ3) is 6.61. The van der Waals surface area contributed by atoms with Gasteiger partial charge in [0, 0.05) is 11.4 Å². The molecule has 0 saturated heterocycles. The molecule has 5 nitrogen and oxygen atoms in total. The van der Waals surface area contributed by atoms with E-state index in [9.17, 15) is 13.2 Å². The van der Waals surface area contributed by atoms with Crippen LogP contribution >= 0.6 is 11.8 Å². The number of thioether (sulfide) groups is 1. The fourth-order valence-corrected chi connectivity index (χ4v) is 5.35. The van der Waals surface area contributed by atoms with E-state index in [0.717, 1.165) is 16.9 Å². The molecule has 3 aromatic rings. The van der Waals surface area contributed by atoms with E-state index < -0.39 is 10.0 Å². The summed E-state index contributed by atoms with van der Waals surface area (Å²) < 4.78 is 28.0. The molecule has 0 unspecified atom stereocenters. The van der Waals surface area contributed by atoms with Crippen LogP contribution in [0.3, 0.4) is 0 Å². The monoisotopic (exact) mass is 468 g/mol. The van der Waals surface area contributed by atoms with Crippen LogP contribution in [-0.4, -0.2) is 20.1 Å². The summed E-state index contributed by atoms with van der Waals surface area (Å²) in [4.78, 5) is 12.4. The molecule has 0 saturated carbocycles. The largest absolute Gasteiger partial charge is 0.325 e. The van der Waals surface area contributed by atoms with E-state index in [0.29, 0.717) is 17.1 Å². The molecule has 0 atom stereocenters. The summed E-state index contributed by atoms with van der Waals surface area (Å²) in [6.45, 7) is 7.95. The summed E-state index contributed by atoms with van der Waals surface area (Å²) in [5, 5.41) is 2.82. The first-order chi connectivity index (χ1) is 15.1. The molecule has 0 heterocycles. The van der Waals surface area contributed by atoms with Crippen molar-refractivity contribution in [2.75, 3.05) is 15.8 Å². The molecule has 0 bridgehead atoms. The zero-order chi connectivity index (χ0) is 23.3. The fraction of sp³-hybridized carbons (Fsp3) is 0.240. The number of hydrogen-bond acceptors (Lipinski definition) is 4. The van der Waals surface area contributed by atoms with Crippen molar-refractivity contribution >= 4 is 39.1 Å². The highest BCUT2D eigenvalue weighted by Gasteiger charge is 2.15. The number of carbonyl (C=O) groups is 1. The van der Waals surface area contributed by atoms with E-state index in [2.05, 4.69) is 42.1 Å². The number of amides is 1. The Hall–Kier alpha value is -2.77. The second-order valence-electron chi connectivity index (χ2n) is 7.99. The van der Waals surface area contributed by atoms with Crippen LogP contribution in [0.5, 0.6) is 0 Å². The minimum absolute atomic E-state index is 0.122. The average molecular weight is 469 g/mol. The van der Waals surface area contributed by atoms with Gasteiger partial charge in [-0.15, -0.1) is 11.8 Å². The van der Waals surface area contributed by atoms with Gasteiger partial charge < -0.3 is 5.32 Å². The molecule has 3 aromatic carbocycles. The normalized spacial score (nSPS) is 11.2. The zero-order valence-electron chi connectivity index (χ0n) is 18.7. The standard InChI is InChI=1S/C25H28N2O3S2/c1-17-5-10-24(20(4)12-17)27-32(29,30)23-8-6-22(7-9-23)26-25(28)16-31-15-21-13-18(2)11-19(3)14-21/h5-14,27H,15-16H2,1-4H3,(H,26,28). The van der Waals surface area contributed by atoms with Crippen LogP contribution in [0.25, 0.3) is 0 Å². The number of hydrogen-bond donors (Lipinski definition) is 2. The predicted molar refractivity (Wildman–Crippen MR) is 134 cm³/mol. The third-order valence-corrected chi connectivity index (χ3v) is 7.24. The van der Waals surface area contributed by atoms with Gasteiger partial charge in [0.1, 0.15) is 0 Å². The molecule has 7 heteroatoms. The van der Waals surface area contributed by atoms with Gasteiger partial charge in [-0.3, -0.25) is 9.52 Å². The van der Waals surface area contributed by atoms with Gasteiger partial charge in [-0.2, -0.15) is 0 Å². The smallest absolute Gasteiger partial charge is 0.261 e. The van der Waals surface area contributed by atoms with Crippen molar-refractivity contribution in [3.05, 3.63) is 88.5 Å². The van der Waals surface area contributed by atoms with Gasteiger partial charge in [0.2, 0.25) is 5.91 Å². The molecule has 0 aliphatic heterocycles. The molecule has 0 fully saturated rings. The van der Waals surface area contributed by atoms with E-state index in [1.165, 1.54) is 28.8 Å². The Morgan fingerprint density at radius 2 is 1.50 bits per heavy atom. The lowest BCUT2D eigenvalue weighted by atomic mass is 10.1. The van der Waals surface area contributed by atoms with Crippen LogP contribution in [0, 0.1) is 27.7 Å². The maximum absolute atomic E-state index is 12.7. The highest BCUT2D eigenvalue weighted by atomic mass is 32.2. The maximum atomic E-state index is 12.7. The summed E-state index contributed by atoms with van der Waals surface area (Å²) in [5.41, 5.74) is 6.67. The summed E-state index contributed by atoms with van der Waals surface area (Å²) in [6, 6.07) is 18.1. The summed E-state index contributed by atoms with van der Waals surface area (Å²) >= 11 is 1.54. The molecule has 168 valence electrons. The van der Waals surface area contributed by atoms with Crippen molar-refractivity contribution < 1.29 is 13.2 Å². The first kappa shape index (κ1) is 23.9. The Bertz CT molecular complexity index is 1200. The Labute approximate surface area is 194 Å². The van der Waals surface area contributed by atoms with E-state index in [-0.39, 0.29) is 10.8 Å². The molecular weight excluding hydrogens is 440 g/mol. The van der Waals surface area contributed by atoms with E-state index >= 15 is 0 Å². The lowest BCUT2D eigenvalue weighted by molar-refractivity contribution is -0.113. The molecule has 0 radical (unpaired) electrons. The Morgan fingerprint density at radius 3 is 2.12 bits per heavy atom. The molecule has 2 N–H and O–H groups in total. The number of carbonyl (C=O) groups excluding carboxylic acids is 1. The highest BCUT2D eigenvalue weighted by molar-refractivity contribution is 7.99. The number of nitrogens with one attached hydrogen (secondary N) is 2. The first-order valence-electron chi connectivity index (χ1n) is 10.3. The van der Waals surface area contributed by atoms with Gasteiger partial charge in [0.25, 0.3) is 10.0 Å². The van der Waals surface area contributed by atoms with Crippen molar-refractivity contribution in [1.82, 2.24) is 0 Å². The second kappa shape index (κ2) is 10.2. The lowest BCUT2D eigenvalue weighted by Gasteiger charge is -2.12. The average Bonchev–Trinajstić information content (AvgIpc) is 2.70. The zero-order valence-corrected chi connectivity index (χ0v) is 20.4. The maximum Gasteiger partial charge on any atom is 0.261 e. The molecule has 0 aromatic heterocycles. The van der Waals surface area contributed by atoms with Crippen LogP contribution in [0.15, 0.2) is 65.6 Å². The summed E-state index contributed by atoms with van der Waals surface area (Å²) in [5.74, 6) is 0.960. The summed E-state index contributed by atoms with van der Waals surface area (Å²) in [7, 11) is -3.71. The lowest BCUT2D eigenvalue weighted by Crippen LogP contribution is -2.15. The van der Waals surface area contributed by atoms with Crippen LogP contribution < -0.4 is 10.0 Å². The number of anilines is 2. The molecule has 0 aliphatic rings. The quantitative estimate of drug-likeness (QED) is 0.452. The summed E-state index contributed by atoms with van der Waals surface area (Å²) in [6.07, 6.45) is 0. The highest BCUT2D eigenvalue weighted by Crippen LogP contribution is 2.22. The van der Waals surface area contributed by atoms with Gasteiger partial charge in [-0.25, -0.2) is 8.42 Å². The fourth-order valence-electron chi connectivity index (χ4n) is 3.46. The van der Waals surface area contributed by atoms with Crippen molar-refractivity contribution in [3.8, 4) is 0 Å². The molecule has 32 heavy (non-hydrogen) atoms. The van der Waals surface area contributed by atoms with Crippen molar-refractivity contribution in [2.24, 2.45) is 0 Å². The van der Waals surface area contributed by atoms with Crippen LogP contribution in [0.4, 0.5) is 11.4 Å². The second-order valence-corrected chi connectivity index (χ2v) is 10.7. The van der Waals surface area contributed by atoms with E-state index in [4.69, 9.17) is 0 Å². The Morgan fingerprint density at radius 1 is 0.844 bits per heavy atom. The van der Waals surface area contributed by atoms with Crippen LogP contribution in [-0.2, 0) is 20.6 Å². The molecule has 1 amide bonds. The Kier molecular flexibility index (Phi) is 7.64. The van der Waals surface area contributed by atoms with Gasteiger partial charge in [-0.1, -0.05) is 47.0 Å². The van der Waals surface area contributed by atoms with Crippen LogP contribution in [0.2, 0.25) is 0 Å². The number of benzene rings is 3. The minimum atomic E-state index is -3.71. The van der Waals surface area contributed by atoms with Gasteiger partial charge in [-0.05, 0) is 69.2 Å². The number of rotatable bonds is 8. The minimum Gasteiger partial charge on any atom is -0.325 e. The number of aryl methyl sites for hydroxylation is 4. The molecule has 3 rings (SSSR count). The van der Waals surface area contributed by atoms with E-state index in [1.54, 1.807) is 30.0 Å². The molecule has 0 spiro atoms. The van der Waals surface area contributed by atoms with Gasteiger partial charge >= 0.3 is 0 Å². The SMILES string of the molecule is Cc1cc(C)cc(CSCC(=O)Nc2ccc(S(=O)(=O)Nc3ccc(C)cc3C)cc2)c1.